The molecule has 1 aromatic heterocycles. The minimum absolute atomic E-state index is 0.564. The zero-order valence-electron chi connectivity index (χ0n) is 12.8. The molecular formula is C16H22ClN5. The molecule has 0 aliphatic heterocycles. The summed E-state index contributed by atoms with van der Waals surface area (Å²) in [6.07, 6.45) is 4.75. The number of aliphatic imine (C=N–C) groups is 1. The maximum Gasteiger partial charge on any atom is 0.191 e. The van der Waals surface area contributed by atoms with Crippen molar-refractivity contribution in [1.82, 2.24) is 20.4 Å². The highest BCUT2D eigenvalue weighted by molar-refractivity contribution is 6.31. The van der Waals surface area contributed by atoms with Crippen molar-refractivity contribution in [1.29, 1.82) is 0 Å². The first-order chi connectivity index (χ1) is 10.8. The van der Waals surface area contributed by atoms with Crippen LogP contribution in [0.4, 0.5) is 0 Å². The summed E-state index contributed by atoms with van der Waals surface area (Å²) in [6, 6.07) is 9.71. The Labute approximate surface area is 136 Å². The van der Waals surface area contributed by atoms with Crippen molar-refractivity contribution in [3.05, 3.63) is 53.3 Å². The third-order valence-electron chi connectivity index (χ3n) is 3.13. The Hall–Kier alpha value is -2.01. The van der Waals surface area contributed by atoms with E-state index in [4.69, 9.17) is 11.6 Å². The Morgan fingerprint density at radius 2 is 2.14 bits per heavy atom. The minimum Gasteiger partial charge on any atom is -0.357 e. The van der Waals surface area contributed by atoms with E-state index < -0.39 is 0 Å². The maximum absolute atomic E-state index is 6.15. The molecular weight excluding hydrogens is 298 g/mol. The number of aromatic nitrogens is 2. The molecule has 0 bridgehead atoms. The molecule has 0 aliphatic rings. The lowest BCUT2D eigenvalue weighted by Gasteiger charge is -2.11. The van der Waals surface area contributed by atoms with Crippen molar-refractivity contribution in [3.63, 3.8) is 0 Å². The summed E-state index contributed by atoms with van der Waals surface area (Å²) < 4.78 is 1.93. The number of nitrogens with one attached hydrogen (secondary N) is 2. The molecule has 0 saturated heterocycles. The summed E-state index contributed by atoms with van der Waals surface area (Å²) in [5.74, 6) is 0.808. The number of benzene rings is 1. The minimum atomic E-state index is 0.564. The Morgan fingerprint density at radius 1 is 1.27 bits per heavy atom. The summed E-state index contributed by atoms with van der Waals surface area (Å²) >= 11 is 6.15. The predicted molar refractivity (Wildman–Crippen MR) is 91.1 cm³/mol. The molecule has 1 heterocycles. The van der Waals surface area contributed by atoms with Gasteiger partial charge in [-0.2, -0.15) is 5.10 Å². The number of rotatable bonds is 7. The standard InChI is InChI=1S/C16H22ClN5/c1-2-18-16(19-9-5-11-22-12-6-10-21-22)20-13-14-7-3-4-8-15(14)17/h3-4,6-8,10,12H,2,5,9,11,13H2,1H3,(H2,18,19,20). The van der Waals surface area contributed by atoms with Crippen LogP contribution < -0.4 is 10.6 Å². The van der Waals surface area contributed by atoms with E-state index in [9.17, 15) is 0 Å². The molecule has 6 heteroatoms. The van der Waals surface area contributed by atoms with E-state index in [2.05, 4.69) is 27.6 Å². The number of nitrogens with zero attached hydrogens (tertiary/aromatic N) is 3. The van der Waals surface area contributed by atoms with Crippen LogP contribution in [-0.4, -0.2) is 28.8 Å². The largest absolute Gasteiger partial charge is 0.357 e. The van der Waals surface area contributed by atoms with Crippen LogP contribution >= 0.6 is 11.6 Å². The van der Waals surface area contributed by atoms with E-state index in [0.29, 0.717) is 6.54 Å². The summed E-state index contributed by atoms with van der Waals surface area (Å²) in [5.41, 5.74) is 1.03. The zero-order valence-corrected chi connectivity index (χ0v) is 13.6. The second kappa shape index (κ2) is 9.10. The lowest BCUT2D eigenvalue weighted by molar-refractivity contribution is 0.570. The molecule has 0 spiro atoms. The van der Waals surface area contributed by atoms with Crippen LogP contribution in [0.3, 0.4) is 0 Å². The molecule has 0 radical (unpaired) electrons. The van der Waals surface area contributed by atoms with Gasteiger partial charge in [0, 0.05) is 37.1 Å². The summed E-state index contributed by atoms with van der Waals surface area (Å²) in [6.45, 7) is 5.18. The van der Waals surface area contributed by atoms with Gasteiger partial charge >= 0.3 is 0 Å². The van der Waals surface area contributed by atoms with Crippen LogP contribution in [0.25, 0.3) is 0 Å². The van der Waals surface area contributed by atoms with Gasteiger partial charge in [0.15, 0.2) is 5.96 Å². The molecule has 0 amide bonds. The van der Waals surface area contributed by atoms with Crippen LogP contribution in [0.1, 0.15) is 18.9 Å². The topological polar surface area (TPSA) is 54.2 Å². The van der Waals surface area contributed by atoms with Gasteiger partial charge in [-0.3, -0.25) is 4.68 Å². The Morgan fingerprint density at radius 3 is 2.86 bits per heavy atom. The zero-order chi connectivity index (χ0) is 15.6. The van der Waals surface area contributed by atoms with Crippen molar-refractivity contribution in [2.75, 3.05) is 13.1 Å². The molecule has 2 rings (SSSR count). The van der Waals surface area contributed by atoms with Gasteiger partial charge in [0.2, 0.25) is 0 Å². The fourth-order valence-electron chi connectivity index (χ4n) is 2.01. The Balaban J connectivity index is 1.80. The highest BCUT2D eigenvalue weighted by atomic mass is 35.5. The lowest BCUT2D eigenvalue weighted by atomic mass is 10.2. The number of hydrogen-bond acceptors (Lipinski definition) is 2. The fraction of sp³-hybridized carbons (Fsp3) is 0.375. The SMILES string of the molecule is CCNC(=NCc1ccccc1Cl)NCCCn1cccn1. The van der Waals surface area contributed by atoms with Crippen LogP contribution in [0.2, 0.25) is 5.02 Å². The monoisotopic (exact) mass is 319 g/mol. The van der Waals surface area contributed by atoms with Crippen LogP contribution in [0.5, 0.6) is 0 Å². The number of guanidine groups is 1. The lowest BCUT2D eigenvalue weighted by Crippen LogP contribution is -2.38. The molecule has 2 N–H and O–H groups in total. The molecule has 0 aliphatic carbocycles. The van der Waals surface area contributed by atoms with E-state index in [0.717, 1.165) is 42.6 Å². The van der Waals surface area contributed by atoms with Crippen LogP contribution in [-0.2, 0) is 13.1 Å². The molecule has 2 aromatic rings. The second-order valence-corrected chi connectivity index (χ2v) is 5.24. The van der Waals surface area contributed by atoms with E-state index >= 15 is 0 Å². The quantitative estimate of drug-likeness (QED) is 0.469. The normalized spacial score (nSPS) is 11.5. The molecule has 22 heavy (non-hydrogen) atoms. The van der Waals surface area contributed by atoms with E-state index in [-0.39, 0.29) is 0 Å². The number of hydrogen-bond donors (Lipinski definition) is 2. The summed E-state index contributed by atoms with van der Waals surface area (Å²) in [4.78, 5) is 4.57. The summed E-state index contributed by atoms with van der Waals surface area (Å²) in [5, 5.41) is 11.5. The van der Waals surface area contributed by atoms with Gasteiger partial charge in [0.05, 0.1) is 6.54 Å². The molecule has 0 unspecified atom stereocenters. The van der Waals surface area contributed by atoms with Crippen LogP contribution in [0, 0.1) is 0 Å². The Kier molecular flexibility index (Phi) is 6.77. The van der Waals surface area contributed by atoms with Crippen molar-refractivity contribution in [3.8, 4) is 0 Å². The second-order valence-electron chi connectivity index (χ2n) is 4.84. The van der Waals surface area contributed by atoms with E-state index in [1.807, 2.05) is 41.2 Å². The van der Waals surface area contributed by atoms with Crippen molar-refractivity contribution in [2.24, 2.45) is 4.99 Å². The average molecular weight is 320 g/mol. The van der Waals surface area contributed by atoms with Gasteiger partial charge in [-0.1, -0.05) is 29.8 Å². The fourth-order valence-corrected chi connectivity index (χ4v) is 2.21. The first kappa shape index (κ1) is 16.4. The molecule has 0 fully saturated rings. The molecule has 5 nitrogen and oxygen atoms in total. The number of aryl methyl sites for hydroxylation is 1. The van der Waals surface area contributed by atoms with Gasteiger partial charge in [0.25, 0.3) is 0 Å². The van der Waals surface area contributed by atoms with Gasteiger partial charge in [-0.25, -0.2) is 4.99 Å². The smallest absolute Gasteiger partial charge is 0.191 e. The number of halogens is 1. The van der Waals surface area contributed by atoms with Gasteiger partial charge in [-0.15, -0.1) is 0 Å². The molecule has 1 aromatic carbocycles. The van der Waals surface area contributed by atoms with Crippen molar-refractivity contribution >= 4 is 17.6 Å². The van der Waals surface area contributed by atoms with Crippen molar-refractivity contribution in [2.45, 2.75) is 26.4 Å². The van der Waals surface area contributed by atoms with E-state index in [1.165, 1.54) is 0 Å². The maximum atomic E-state index is 6.15. The predicted octanol–water partition coefficient (Wildman–Crippen LogP) is 2.68. The van der Waals surface area contributed by atoms with Gasteiger partial charge < -0.3 is 10.6 Å². The third kappa shape index (κ3) is 5.41. The van der Waals surface area contributed by atoms with E-state index in [1.54, 1.807) is 6.20 Å². The van der Waals surface area contributed by atoms with Gasteiger partial charge in [-0.05, 0) is 31.0 Å². The Bertz CT molecular complexity index is 580. The first-order valence-electron chi connectivity index (χ1n) is 7.52. The highest BCUT2D eigenvalue weighted by Gasteiger charge is 2.00. The summed E-state index contributed by atoms with van der Waals surface area (Å²) in [7, 11) is 0. The first-order valence-corrected chi connectivity index (χ1v) is 7.90. The highest BCUT2D eigenvalue weighted by Crippen LogP contribution is 2.15. The van der Waals surface area contributed by atoms with Gasteiger partial charge in [0.1, 0.15) is 0 Å². The molecule has 0 atom stereocenters. The van der Waals surface area contributed by atoms with Crippen molar-refractivity contribution < 1.29 is 0 Å². The molecule has 0 saturated carbocycles. The average Bonchev–Trinajstić information content (AvgIpc) is 3.03. The van der Waals surface area contributed by atoms with Crippen LogP contribution in [0.15, 0.2) is 47.7 Å². The third-order valence-corrected chi connectivity index (χ3v) is 3.49. The molecule has 118 valence electrons.